The minimum atomic E-state index is -0.532. The van der Waals surface area contributed by atoms with E-state index >= 15 is 0 Å². The van der Waals surface area contributed by atoms with E-state index in [0.29, 0.717) is 19.6 Å². The first-order valence-corrected chi connectivity index (χ1v) is 12.7. The number of hydrogen-bond acceptors (Lipinski definition) is 8. The molecule has 2 amide bonds. The number of amides is 2. The number of nitrogens with one attached hydrogen (secondary N) is 3. The Kier molecular flexibility index (Phi) is 9.56. The Labute approximate surface area is 208 Å². The van der Waals surface area contributed by atoms with Gasteiger partial charge in [0, 0.05) is 25.1 Å². The number of hydrogen-bond donors (Lipinski definition) is 4. The highest BCUT2D eigenvalue weighted by Gasteiger charge is 2.64. The molecule has 1 saturated heterocycles. The molecule has 0 aromatic carbocycles. The van der Waals surface area contributed by atoms with E-state index in [1.165, 1.54) is 5.57 Å². The Balaban J connectivity index is 1.54. The molecule has 0 aromatic rings. The van der Waals surface area contributed by atoms with Crippen LogP contribution in [0.25, 0.3) is 0 Å². The van der Waals surface area contributed by atoms with Gasteiger partial charge in [0.05, 0.1) is 31.0 Å². The molecule has 10 heteroatoms. The molecule has 4 N–H and O–H groups in total. The Hall–Kier alpha value is -1.72. The van der Waals surface area contributed by atoms with E-state index < -0.39 is 17.8 Å². The molecule has 10 nitrogen and oxygen atoms in total. The largest absolute Gasteiger partial charge is 0.443 e. The van der Waals surface area contributed by atoms with Crippen molar-refractivity contribution < 1.29 is 33.7 Å². The molecule has 0 bridgehead atoms. The number of carbonyl (C=O) groups excluding carboxylic acids is 2. The van der Waals surface area contributed by atoms with Crippen molar-refractivity contribution in [2.45, 2.75) is 102 Å². The maximum absolute atomic E-state index is 12.8. The second-order valence-corrected chi connectivity index (χ2v) is 10.8. The summed E-state index contributed by atoms with van der Waals surface area (Å²) in [6.45, 7) is 9.24. The fraction of sp³-hybridized carbons (Fsp3) is 0.840. The molecule has 2 aliphatic carbocycles. The topological polar surface area (TPSA) is 131 Å². The molecule has 200 valence electrons. The van der Waals surface area contributed by atoms with Crippen LogP contribution in [0.2, 0.25) is 0 Å². The van der Waals surface area contributed by atoms with Crippen LogP contribution in [0.1, 0.15) is 66.2 Å². The van der Waals surface area contributed by atoms with Crippen molar-refractivity contribution >= 4 is 12.0 Å². The maximum atomic E-state index is 12.8. The van der Waals surface area contributed by atoms with E-state index in [2.05, 4.69) is 30.6 Å². The fourth-order valence-electron chi connectivity index (χ4n) is 5.66. The first kappa shape index (κ1) is 27.9. The van der Waals surface area contributed by atoms with Crippen LogP contribution in [-0.2, 0) is 23.7 Å². The van der Waals surface area contributed by atoms with Gasteiger partial charge in [-0.3, -0.25) is 4.79 Å². The van der Waals surface area contributed by atoms with Gasteiger partial charge in [-0.1, -0.05) is 11.6 Å². The van der Waals surface area contributed by atoms with Gasteiger partial charge in [-0.15, -0.1) is 0 Å². The minimum absolute atomic E-state index is 0.00560. The first-order chi connectivity index (χ1) is 16.6. The number of methoxy groups -OCH3 is 1. The summed E-state index contributed by atoms with van der Waals surface area (Å²) in [6, 6.07) is 0.0409. The van der Waals surface area contributed by atoms with Crippen LogP contribution in [0.3, 0.4) is 0 Å². The molecule has 3 rings (SSSR count). The Morgan fingerprint density at radius 1 is 1.11 bits per heavy atom. The summed E-state index contributed by atoms with van der Waals surface area (Å²) in [5.74, 6) is -0.324. The molecular formula is C25H43N3O7. The highest BCUT2D eigenvalue weighted by molar-refractivity contribution is 5.78. The summed E-state index contributed by atoms with van der Waals surface area (Å²) >= 11 is 0. The van der Waals surface area contributed by atoms with Gasteiger partial charge in [0.25, 0.3) is 0 Å². The van der Waals surface area contributed by atoms with E-state index in [1.807, 2.05) is 19.3 Å². The van der Waals surface area contributed by atoms with Crippen molar-refractivity contribution in [3.63, 3.8) is 0 Å². The van der Waals surface area contributed by atoms with Crippen molar-refractivity contribution in [3.05, 3.63) is 11.6 Å². The molecule has 4 atom stereocenters. The zero-order valence-electron chi connectivity index (χ0n) is 21.7. The predicted octanol–water partition coefficient (Wildman–Crippen LogP) is 2.44. The molecule has 1 spiro atoms. The van der Waals surface area contributed by atoms with Gasteiger partial charge in [-0.05, 0) is 66.2 Å². The highest BCUT2D eigenvalue weighted by Crippen LogP contribution is 2.52. The van der Waals surface area contributed by atoms with Crippen LogP contribution in [0, 0.1) is 5.92 Å². The van der Waals surface area contributed by atoms with E-state index in [-0.39, 0.29) is 42.2 Å². The lowest BCUT2D eigenvalue weighted by molar-refractivity contribution is -0.172. The summed E-state index contributed by atoms with van der Waals surface area (Å²) in [7, 11) is 1.65. The van der Waals surface area contributed by atoms with Crippen molar-refractivity contribution in [1.82, 2.24) is 16.1 Å². The van der Waals surface area contributed by atoms with Gasteiger partial charge < -0.3 is 34.8 Å². The van der Waals surface area contributed by atoms with E-state index in [9.17, 15) is 9.59 Å². The van der Waals surface area contributed by atoms with Crippen LogP contribution in [0.15, 0.2) is 11.6 Å². The summed E-state index contributed by atoms with van der Waals surface area (Å²) in [6.07, 6.45) is 5.34. The van der Waals surface area contributed by atoms with Crippen LogP contribution >= 0.6 is 0 Å². The molecule has 3 unspecified atom stereocenters. The fourth-order valence-corrected chi connectivity index (χ4v) is 5.66. The van der Waals surface area contributed by atoms with Gasteiger partial charge in [0.15, 0.2) is 0 Å². The Morgan fingerprint density at radius 2 is 1.74 bits per heavy atom. The smallest absolute Gasteiger partial charge is 0.407 e. The maximum Gasteiger partial charge on any atom is 0.407 e. The minimum Gasteiger partial charge on any atom is -0.443 e. The number of allylic oxidation sites excluding steroid dienone is 1. The third-order valence-electron chi connectivity index (χ3n) is 7.51. The lowest BCUT2D eigenvalue weighted by Crippen LogP contribution is -2.59. The van der Waals surface area contributed by atoms with Gasteiger partial charge in [-0.25, -0.2) is 4.79 Å². The lowest BCUT2D eigenvalue weighted by Gasteiger charge is -2.47. The number of hydroxylamine groups is 1. The molecular weight excluding hydrogens is 454 g/mol. The second-order valence-electron chi connectivity index (χ2n) is 10.8. The first-order valence-electron chi connectivity index (χ1n) is 12.7. The third kappa shape index (κ3) is 7.39. The van der Waals surface area contributed by atoms with Crippen molar-refractivity contribution in [2.75, 3.05) is 26.9 Å². The molecule has 3 fully saturated rings. The molecule has 3 aliphatic rings. The van der Waals surface area contributed by atoms with Crippen molar-refractivity contribution in [2.24, 2.45) is 5.92 Å². The van der Waals surface area contributed by atoms with Crippen LogP contribution in [0.4, 0.5) is 4.79 Å². The zero-order chi connectivity index (χ0) is 25.6. The molecule has 1 heterocycles. The second kappa shape index (κ2) is 12.0. The molecule has 0 radical (unpaired) electrons. The van der Waals surface area contributed by atoms with Gasteiger partial charge in [-0.2, -0.15) is 5.48 Å². The Bertz CT molecular complexity index is 756. The summed E-state index contributed by atoms with van der Waals surface area (Å²) in [5, 5.41) is 14.5. The number of carbonyl (C=O) groups is 2. The van der Waals surface area contributed by atoms with Crippen LogP contribution in [0.5, 0.6) is 0 Å². The van der Waals surface area contributed by atoms with E-state index in [1.54, 1.807) is 7.11 Å². The molecule has 0 aromatic heterocycles. The van der Waals surface area contributed by atoms with E-state index in [4.69, 9.17) is 24.2 Å². The standard InChI is InChI=1S/C25H43N3O7/c1-16(2)11-13-33-24(3,4)22-21(32-5)19(10-12-25(22)15-34-25)35-23(30)28-18-8-6-17(7-9-18)27-20(29)14-26-31/h11,17-19,21-22,26,31H,6-10,12-15H2,1-5H3,(H,27,29)(H,28,30)/t17-,18-,19?,21?,22?,25-/m0/s1. The predicted molar refractivity (Wildman–Crippen MR) is 129 cm³/mol. The van der Waals surface area contributed by atoms with Gasteiger partial charge in [0.2, 0.25) is 5.91 Å². The lowest BCUT2D eigenvalue weighted by atomic mass is 9.68. The van der Waals surface area contributed by atoms with Crippen LogP contribution < -0.4 is 16.1 Å². The zero-order valence-corrected chi connectivity index (χ0v) is 21.7. The quantitative estimate of drug-likeness (QED) is 0.206. The summed E-state index contributed by atoms with van der Waals surface area (Å²) in [4.78, 5) is 24.4. The summed E-state index contributed by atoms with van der Waals surface area (Å²) < 4.78 is 24.0. The van der Waals surface area contributed by atoms with Gasteiger partial charge in [0.1, 0.15) is 12.2 Å². The highest BCUT2D eigenvalue weighted by atomic mass is 16.6. The molecule has 1 aliphatic heterocycles. The van der Waals surface area contributed by atoms with Crippen LogP contribution in [-0.4, -0.2) is 79.6 Å². The molecule has 2 saturated carbocycles. The van der Waals surface area contributed by atoms with E-state index in [0.717, 1.165) is 32.1 Å². The SMILES string of the molecule is COC1C(OC(=O)N[C@H]2CC[C@H](NC(=O)CNO)CC2)CC[C@]2(CO2)C1C(C)(C)OCC=C(C)C. The normalized spacial score (nSPS) is 32.6. The number of alkyl carbamates (subject to hydrolysis) is 1. The Morgan fingerprint density at radius 3 is 2.29 bits per heavy atom. The third-order valence-corrected chi connectivity index (χ3v) is 7.51. The number of rotatable bonds is 10. The average molecular weight is 498 g/mol. The van der Waals surface area contributed by atoms with Crippen molar-refractivity contribution in [1.29, 1.82) is 0 Å². The monoisotopic (exact) mass is 497 g/mol. The summed E-state index contributed by atoms with van der Waals surface area (Å²) in [5.41, 5.74) is 2.23. The van der Waals surface area contributed by atoms with Gasteiger partial charge >= 0.3 is 6.09 Å². The molecule has 35 heavy (non-hydrogen) atoms. The average Bonchev–Trinajstić information content (AvgIpc) is 3.55. The number of ether oxygens (including phenoxy) is 4. The number of epoxide rings is 1. The van der Waals surface area contributed by atoms with Crippen molar-refractivity contribution in [3.8, 4) is 0 Å².